The van der Waals surface area contributed by atoms with Crippen LogP contribution in [-0.2, 0) is 31.4 Å². The van der Waals surface area contributed by atoms with Crippen LogP contribution in [-0.4, -0.2) is 162 Å². The number of urea groups is 2. The number of esters is 2. The summed E-state index contributed by atoms with van der Waals surface area (Å²) < 4.78 is 94.8. The molecule has 0 aliphatic carbocycles. The van der Waals surface area contributed by atoms with Gasteiger partial charge in [0.25, 0.3) is 11.8 Å². The van der Waals surface area contributed by atoms with Crippen molar-refractivity contribution in [2.24, 2.45) is 0 Å². The first-order valence-electron chi connectivity index (χ1n) is 29.2. The van der Waals surface area contributed by atoms with Gasteiger partial charge in [-0.15, -0.1) is 0 Å². The molecule has 1 aromatic heterocycles. The maximum Gasteiger partial charge on any atom is 0.416 e. The van der Waals surface area contributed by atoms with Gasteiger partial charge >= 0.3 is 36.4 Å². The van der Waals surface area contributed by atoms with Crippen LogP contribution in [0.5, 0.6) is 0 Å². The molecule has 6 amide bonds. The summed E-state index contributed by atoms with van der Waals surface area (Å²) in [5.74, 6) is -2.14. The highest BCUT2D eigenvalue weighted by atomic mass is 19.4. The standard InChI is InChI=1S/C64H67F6N11O8/c1-5-88-59(84)53-41(3)80(51-13-7-11-48(36-51)63(65,66)67)61(86)78(55(53)44-17-15-43(38-71)16-18-44)25-9-23-74-27-31-76(32-28-74)57(82)46-35-47(40-73-39-46)58(83)77-33-29-75(30-34-77)24-10-26-79-56(45-19-21-50(72)22-20-45)54(60(85)89-6-2)42(4)81(62(79)87)52-14-8-12-49(37-52)64(68,69)70/h7-8,11-22,35-37,39-40,55-56H,5-6,9-10,23-34,72H2,1-4H3. The van der Waals surface area contributed by atoms with Crippen molar-refractivity contribution in [3.63, 3.8) is 0 Å². The lowest BCUT2D eigenvalue weighted by Gasteiger charge is -2.43. The Morgan fingerprint density at radius 1 is 0.573 bits per heavy atom. The lowest BCUT2D eigenvalue weighted by Crippen LogP contribution is -2.52. The van der Waals surface area contributed by atoms with Crippen LogP contribution in [0.2, 0.25) is 0 Å². The number of ether oxygens (including phenoxy) is 2. The maximum atomic E-state index is 14.7. The smallest absolute Gasteiger partial charge is 0.416 e. The molecule has 0 bridgehead atoms. The highest BCUT2D eigenvalue weighted by Crippen LogP contribution is 2.44. The second-order valence-corrected chi connectivity index (χ2v) is 21.8. The summed E-state index contributed by atoms with van der Waals surface area (Å²) in [4.78, 5) is 102. The van der Waals surface area contributed by atoms with E-state index in [1.165, 1.54) is 66.4 Å². The number of nitrogens with zero attached hydrogens (tertiary/aromatic N) is 10. The van der Waals surface area contributed by atoms with Crippen molar-refractivity contribution in [1.82, 2.24) is 34.4 Å². The van der Waals surface area contributed by atoms with E-state index in [-0.39, 0.29) is 83.2 Å². The fraction of sp³-hybridized carbons (Fsp3) is 0.375. The highest BCUT2D eigenvalue weighted by Gasteiger charge is 2.46. The Kier molecular flexibility index (Phi) is 19.8. The number of piperazine rings is 2. The van der Waals surface area contributed by atoms with E-state index in [0.717, 1.165) is 34.1 Å². The van der Waals surface area contributed by atoms with Crippen LogP contribution in [0.3, 0.4) is 0 Å². The number of carbonyl (C=O) groups is 6. The average molecular weight is 1230 g/mol. The third kappa shape index (κ3) is 14.2. The first-order chi connectivity index (χ1) is 42.5. The lowest BCUT2D eigenvalue weighted by atomic mass is 9.92. The van der Waals surface area contributed by atoms with Gasteiger partial charge in [-0.3, -0.25) is 34.2 Å². The maximum absolute atomic E-state index is 14.7. The van der Waals surface area contributed by atoms with E-state index in [2.05, 4.69) is 20.9 Å². The topological polar surface area (TPSA) is 210 Å². The van der Waals surface area contributed by atoms with Crippen molar-refractivity contribution in [3.05, 3.63) is 177 Å². The first kappa shape index (κ1) is 64.2. The van der Waals surface area contributed by atoms with Gasteiger partial charge in [-0.1, -0.05) is 36.4 Å². The number of nitriles is 1. The molecule has 2 atom stereocenters. The number of pyridine rings is 1. The molecular weight excluding hydrogens is 1160 g/mol. The van der Waals surface area contributed by atoms with Crippen LogP contribution in [0.15, 0.2) is 138 Å². The number of alkyl halides is 6. The Balaban J connectivity index is 0.812. The van der Waals surface area contributed by atoms with Crippen LogP contribution < -0.4 is 15.5 Å². The number of nitrogen functional groups attached to an aromatic ring is 1. The van der Waals surface area contributed by atoms with E-state index in [9.17, 15) is 60.4 Å². The molecule has 4 aliphatic rings. The number of aromatic nitrogens is 1. The number of anilines is 3. The van der Waals surface area contributed by atoms with Gasteiger partial charge in [0, 0.05) is 94.9 Å². The normalized spacial score (nSPS) is 18.2. The van der Waals surface area contributed by atoms with E-state index < -0.39 is 59.6 Å². The number of rotatable bonds is 18. The highest BCUT2D eigenvalue weighted by molar-refractivity contribution is 6.05. The monoisotopic (exact) mass is 1230 g/mol. The molecule has 9 rings (SSSR count). The number of benzene rings is 4. The molecule has 468 valence electrons. The molecule has 5 heterocycles. The SMILES string of the molecule is CCOC(=O)C1=C(C)N(c2cccc(C(F)(F)F)c2)C(=O)N(CCCN2CCN(C(=O)c3cncc(C(=O)N4CCN(CCCN5C(=O)N(c6cccc(C(F)(F)F)c6)C(C)=C(C(=O)OCC)C5c5ccc(C#N)cc5)CC4)c3)CC2)C1c1ccc(N)cc1. The lowest BCUT2D eigenvalue weighted by molar-refractivity contribution is -0.140. The second-order valence-electron chi connectivity index (χ2n) is 21.8. The summed E-state index contributed by atoms with van der Waals surface area (Å²) >= 11 is 0. The van der Waals surface area contributed by atoms with Crippen molar-refractivity contribution in [2.75, 3.05) is 107 Å². The van der Waals surface area contributed by atoms with Gasteiger partial charge < -0.3 is 34.8 Å². The Bertz CT molecular complexity index is 3580. The predicted octanol–water partition coefficient (Wildman–Crippen LogP) is 9.91. The van der Waals surface area contributed by atoms with Crippen LogP contribution in [0.4, 0.5) is 53.0 Å². The minimum Gasteiger partial charge on any atom is -0.463 e. The molecule has 2 N–H and O–H groups in total. The predicted molar refractivity (Wildman–Crippen MR) is 316 cm³/mol. The summed E-state index contributed by atoms with van der Waals surface area (Å²) in [5, 5.41) is 9.53. The van der Waals surface area contributed by atoms with E-state index in [0.29, 0.717) is 101 Å². The van der Waals surface area contributed by atoms with Crippen molar-refractivity contribution >= 4 is 52.9 Å². The number of carbonyl (C=O) groups excluding carboxylic acids is 6. The summed E-state index contributed by atoms with van der Waals surface area (Å²) in [7, 11) is 0. The summed E-state index contributed by atoms with van der Waals surface area (Å²) in [5.41, 5.74) is 6.49. The van der Waals surface area contributed by atoms with Gasteiger partial charge in [0.15, 0.2) is 0 Å². The molecule has 2 unspecified atom stereocenters. The molecule has 0 radical (unpaired) electrons. The second kappa shape index (κ2) is 27.4. The van der Waals surface area contributed by atoms with E-state index >= 15 is 0 Å². The number of nitrogens with two attached hydrogens (primary N) is 1. The number of hydrogen-bond acceptors (Lipinski definition) is 13. The molecule has 89 heavy (non-hydrogen) atoms. The zero-order chi connectivity index (χ0) is 63.9. The Morgan fingerprint density at radius 2 is 0.966 bits per heavy atom. The zero-order valence-electron chi connectivity index (χ0n) is 49.5. The fourth-order valence-corrected chi connectivity index (χ4v) is 11.8. The molecule has 5 aromatic rings. The van der Waals surface area contributed by atoms with Crippen LogP contribution >= 0.6 is 0 Å². The van der Waals surface area contributed by atoms with E-state index in [1.54, 1.807) is 72.2 Å². The summed E-state index contributed by atoms with van der Waals surface area (Å²) in [6, 6.07) is 21.9. The summed E-state index contributed by atoms with van der Waals surface area (Å²) in [6.07, 6.45) is -5.87. The van der Waals surface area contributed by atoms with Gasteiger partial charge in [0.05, 0.1) is 81.7 Å². The van der Waals surface area contributed by atoms with Gasteiger partial charge in [-0.05, 0) is 131 Å². The third-order valence-electron chi connectivity index (χ3n) is 16.3. The minimum absolute atomic E-state index is 0.00297. The Labute approximate surface area is 510 Å². The van der Waals surface area contributed by atoms with E-state index in [4.69, 9.17) is 15.2 Å². The van der Waals surface area contributed by atoms with Crippen molar-refractivity contribution in [3.8, 4) is 6.07 Å². The molecule has 0 saturated carbocycles. The average Bonchev–Trinajstić information content (AvgIpc) is 1.53. The summed E-state index contributed by atoms with van der Waals surface area (Å²) in [6.45, 7) is 10.3. The number of allylic oxidation sites excluding steroid dienone is 2. The number of hydrogen-bond donors (Lipinski definition) is 1. The van der Waals surface area contributed by atoms with Gasteiger partial charge in [-0.2, -0.15) is 31.6 Å². The Hall–Kier alpha value is -9.28. The minimum atomic E-state index is -4.72. The fourth-order valence-electron chi connectivity index (χ4n) is 11.8. The van der Waals surface area contributed by atoms with Crippen molar-refractivity contribution in [1.29, 1.82) is 5.26 Å². The number of amides is 6. The van der Waals surface area contributed by atoms with Gasteiger partial charge in [0.2, 0.25) is 0 Å². The third-order valence-corrected chi connectivity index (χ3v) is 16.3. The van der Waals surface area contributed by atoms with Crippen molar-refractivity contribution in [2.45, 2.75) is 65.0 Å². The van der Waals surface area contributed by atoms with Gasteiger partial charge in [0.1, 0.15) is 0 Å². The van der Waals surface area contributed by atoms with Crippen LogP contribution in [0.1, 0.15) is 101 Å². The molecule has 4 aliphatic heterocycles. The zero-order valence-corrected chi connectivity index (χ0v) is 49.5. The molecule has 25 heteroatoms. The molecule has 2 saturated heterocycles. The quantitative estimate of drug-likeness (QED) is 0.0493. The largest absolute Gasteiger partial charge is 0.463 e. The first-order valence-corrected chi connectivity index (χ1v) is 29.2. The van der Waals surface area contributed by atoms with E-state index in [1.807, 2.05) is 0 Å². The molecular formula is C64H67F6N11O8. The van der Waals surface area contributed by atoms with Crippen LogP contribution in [0, 0.1) is 11.3 Å². The number of halogens is 6. The van der Waals surface area contributed by atoms with Crippen LogP contribution in [0.25, 0.3) is 0 Å². The molecule has 2 fully saturated rings. The van der Waals surface area contributed by atoms with Crippen molar-refractivity contribution < 1.29 is 64.6 Å². The van der Waals surface area contributed by atoms with Gasteiger partial charge in [-0.25, -0.2) is 19.2 Å². The Morgan fingerprint density at radius 3 is 1.34 bits per heavy atom. The molecule has 19 nitrogen and oxygen atoms in total. The molecule has 4 aromatic carbocycles. The molecule has 0 spiro atoms.